The fourth-order valence-corrected chi connectivity index (χ4v) is 1.54. The number of rotatable bonds is 1. The zero-order valence-electron chi connectivity index (χ0n) is 7.58. The van der Waals surface area contributed by atoms with E-state index in [2.05, 4.69) is 17.0 Å². The molecule has 2 aromatic rings. The molecule has 2 rings (SSSR count). The summed E-state index contributed by atoms with van der Waals surface area (Å²) in [6.07, 6.45) is 0.923. The smallest absolute Gasteiger partial charge is 0.154 e. The van der Waals surface area contributed by atoms with Crippen LogP contribution in [0.15, 0.2) is 12.1 Å². The highest BCUT2D eigenvalue weighted by atomic mass is 35.5. The van der Waals surface area contributed by atoms with Gasteiger partial charge in [0.05, 0.1) is 11.4 Å². The van der Waals surface area contributed by atoms with Crippen LogP contribution >= 0.6 is 11.6 Å². The van der Waals surface area contributed by atoms with Crippen LogP contribution in [0.4, 0.5) is 0 Å². The third kappa shape index (κ3) is 1.29. The lowest BCUT2D eigenvalue weighted by Gasteiger charge is -1.95. The minimum Gasteiger partial charge on any atom is -0.232 e. The van der Waals surface area contributed by atoms with Crippen molar-refractivity contribution in [3.8, 4) is 0 Å². The van der Waals surface area contributed by atoms with Gasteiger partial charge in [-0.05, 0) is 25.5 Å². The lowest BCUT2D eigenvalue weighted by Crippen LogP contribution is -1.94. The molecule has 0 aliphatic heterocycles. The van der Waals surface area contributed by atoms with Gasteiger partial charge in [0.25, 0.3) is 0 Å². The van der Waals surface area contributed by atoms with Crippen LogP contribution in [0, 0.1) is 6.92 Å². The van der Waals surface area contributed by atoms with Gasteiger partial charge in [0.2, 0.25) is 0 Å². The summed E-state index contributed by atoms with van der Waals surface area (Å²) in [5.41, 5.74) is 3.01. The molecule has 0 saturated carbocycles. The van der Waals surface area contributed by atoms with Gasteiger partial charge in [-0.15, -0.1) is 0 Å². The molecule has 0 fully saturated rings. The van der Waals surface area contributed by atoms with Gasteiger partial charge in [0, 0.05) is 0 Å². The predicted molar refractivity (Wildman–Crippen MR) is 52.1 cm³/mol. The van der Waals surface area contributed by atoms with Gasteiger partial charge < -0.3 is 0 Å². The molecule has 13 heavy (non-hydrogen) atoms. The number of aryl methyl sites for hydroxylation is 2. The van der Waals surface area contributed by atoms with Crippen molar-refractivity contribution in [3.05, 3.63) is 28.7 Å². The van der Waals surface area contributed by atoms with Gasteiger partial charge in [-0.25, -0.2) is 9.50 Å². The molecule has 2 heterocycles. The Balaban J connectivity index is 2.77. The van der Waals surface area contributed by atoms with Gasteiger partial charge in [-0.3, -0.25) is 0 Å². The Bertz CT molecular complexity index is 447. The highest BCUT2D eigenvalue weighted by Crippen LogP contribution is 2.12. The summed E-state index contributed by atoms with van der Waals surface area (Å²) in [6.45, 7) is 4.08. The maximum Gasteiger partial charge on any atom is 0.154 e. The van der Waals surface area contributed by atoms with Gasteiger partial charge >= 0.3 is 0 Å². The number of nitrogens with zero attached hydrogens (tertiary/aromatic N) is 3. The van der Waals surface area contributed by atoms with Crippen LogP contribution in [0.3, 0.4) is 0 Å². The average Bonchev–Trinajstić information content (AvgIpc) is 2.44. The Morgan fingerprint density at radius 1 is 1.46 bits per heavy atom. The molecular weight excluding hydrogens is 186 g/mol. The molecule has 4 heteroatoms. The van der Waals surface area contributed by atoms with Crippen LogP contribution < -0.4 is 0 Å². The zero-order chi connectivity index (χ0) is 9.42. The number of aromatic nitrogens is 3. The fraction of sp³-hybridized carbons (Fsp3) is 0.333. The average molecular weight is 196 g/mol. The van der Waals surface area contributed by atoms with Gasteiger partial charge in [-0.2, -0.15) is 5.10 Å². The first kappa shape index (κ1) is 8.51. The first-order valence-electron chi connectivity index (χ1n) is 4.23. The molecule has 0 aliphatic carbocycles. The topological polar surface area (TPSA) is 30.2 Å². The first-order valence-corrected chi connectivity index (χ1v) is 4.61. The van der Waals surface area contributed by atoms with E-state index in [1.807, 2.05) is 13.0 Å². The van der Waals surface area contributed by atoms with Crippen molar-refractivity contribution < 1.29 is 0 Å². The van der Waals surface area contributed by atoms with Crippen LogP contribution in [0.2, 0.25) is 5.15 Å². The number of hydrogen-bond acceptors (Lipinski definition) is 2. The van der Waals surface area contributed by atoms with Gasteiger partial charge in [0.15, 0.2) is 5.65 Å². The minimum atomic E-state index is 0.496. The Morgan fingerprint density at radius 2 is 2.23 bits per heavy atom. The highest BCUT2D eigenvalue weighted by molar-refractivity contribution is 6.29. The maximum atomic E-state index is 5.78. The van der Waals surface area contributed by atoms with E-state index in [1.165, 1.54) is 0 Å². The summed E-state index contributed by atoms with van der Waals surface area (Å²) in [6, 6.07) is 3.63. The van der Waals surface area contributed by atoms with Crippen LogP contribution in [0.25, 0.3) is 5.65 Å². The summed E-state index contributed by atoms with van der Waals surface area (Å²) in [4.78, 5) is 4.41. The SMILES string of the molecule is CCc1nc2ccc(Cl)nn2c1C. The van der Waals surface area contributed by atoms with E-state index in [1.54, 1.807) is 10.6 Å². The lowest BCUT2D eigenvalue weighted by atomic mass is 10.3. The van der Waals surface area contributed by atoms with E-state index >= 15 is 0 Å². The van der Waals surface area contributed by atoms with Crippen LogP contribution in [0.1, 0.15) is 18.3 Å². The molecular formula is C9H10ClN3. The summed E-state index contributed by atoms with van der Waals surface area (Å²) in [5.74, 6) is 0. The highest BCUT2D eigenvalue weighted by Gasteiger charge is 2.06. The Hall–Kier alpha value is -1.09. The second-order valence-corrected chi connectivity index (χ2v) is 3.31. The van der Waals surface area contributed by atoms with Crippen LogP contribution in [-0.4, -0.2) is 14.6 Å². The molecule has 0 aromatic carbocycles. The molecule has 0 spiro atoms. The zero-order valence-corrected chi connectivity index (χ0v) is 8.34. The normalized spacial score (nSPS) is 11.0. The molecule has 0 unspecified atom stereocenters. The fourth-order valence-electron chi connectivity index (χ4n) is 1.40. The molecule has 0 radical (unpaired) electrons. The van der Waals surface area contributed by atoms with Crippen molar-refractivity contribution >= 4 is 17.2 Å². The molecule has 0 aliphatic rings. The van der Waals surface area contributed by atoms with E-state index in [4.69, 9.17) is 11.6 Å². The van der Waals surface area contributed by atoms with E-state index in [-0.39, 0.29) is 0 Å². The van der Waals surface area contributed by atoms with Gasteiger partial charge in [0.1, 0.15) is 5.15 Å². The molecule has 0 saturated heterocycles. The number of fused-ring (bicyclic) bond motifs is 1. The van der Waals surface area contributed by atoms with Crippen molar-refractivity contribution in [2.75, 3.05) is 0 Å². The summed E-state index contributed by atoms with van der Waals surface area (Å²) in [5, 5.41) is 4.66. The number of hydrogen-bond donors (Lipinski definition) is 0. The third-order valence-electron chi connectivity index (χ3n) is 2.10. The van der Waals surface area contributed by atoms with Crippen molar-refractivity contribution in [2.24, 2.45) is 0 Å². The molecule has 0 amide bonds. The van der Waals surface area contributed by atoms with E-state index < -0.39 is 0 Å². The second-order valence-electron chi connectivity index (χ2n) is 2.92. The maximum absolute atomic E-state index is 5.78. The van der Waals surface area contributed by atoms with E-state index in [9.17, 15) is 0 Å². The molecule has 0 bridgehead atoms. The van der Waals surface area contributed by atoms with E-state index in [0.29, 0.717) is 5.15 Å². The molecule has 0 atom stereocenters. The molecule has 2 aromatic heterocycles. The van der Waals surface area contributed by atoms with Crippen LogP contribution in [-0.2, 0) is 6.42 Å². The van der Waals surface area contributed by atoms with Crippen LogP contribution in [0.5, 0.6) is 0 Å². The standard InChI is InChI=1S/C9H10ClN3/c1-3-7-6(2)13-9(11-7)5-4-8(10)12-13/h4-5H,3H2,1-2H3. The Kier molecular flexibility index (Phi) is 1.96. The number of imidazole rings is 1. The largest absolute Gasteiger partial charge is 0.232 e. The van der Waals surface area contributed by atoms with Crippen molar-refractivity contribution in [1.29, 1.82) is 0 Å². The van der Waals surface area contributed by atoms with Crippen molar-refractivity contribution in [1.82, 2.24) is 14.6 Å². The second kappa shape index (κ2) is 3.00. The van der Waals surface area contributed by atoms with Crippen molar-refractivity contribution in [2.45, 2.75) is 20.3 Å². The van der Waals surface area contributed by atoms with E-state index in [0.717, 1.165) is 23.5 Å². The number of halogens is 1. The first-order chi connectivity index (χ1) is 6.22. The Labute approximate surface area is 81.4 Å². The minimum absolute atomic E-state index is 0.496. The lowest BCUT2D eigenvalue weighted by molar-refractivity contribution is 0.889. The van der Waals surface area contributed by atoms with Crippen molar-refractivity contribution in [3.63, 3.8) is 0 Å². The molecule has 68 valence electrons. The summed E-state index contributed by atoms with van der Waals surface area (Å²) in [7, 11) is 0. The molecule has 0 N–H and O–H groups in total. The third-order valence-corrected chi connectivity index (χ3v) is 2.30. The molecule has 3 nitrogen and oxygen atoms in total. The Morgan fingerprint density at radius 3 is 2.92 bits per heavy atom. The summed E-state index contributed by atoms with van der Waals surface area (Å²) < 4.78 is 1.78. The predicted octanol–water partition coefficient (Wildman–Crippen LogP) is 2.25. The quantitative estimate of drug-likeness (QED) is 0.699. The summed E-state index contributed by atoms with van der Waals surface area (Å²) >= 11 is 5.78. The monoisotopic (exact) mass is 195 g/mol. The van der Waals surface area contributed by atoms with Gasteiger partial charge in [-0.1, -0.05) is 18.5 Å².